The van der Waals surface area contributed by atoms with Crippen molar-refractivity contribution in [2.45, 2.75) is 52.4 Å². The van der Waals surface area contributed by atoms with Crippen molar-refractivity contribution in [2.75, 3.05) is 20.2 Å². The monoisotopic (exact) mass is 263 g/mol. The van der Waals surface area contributed by atoms with Gasteiger partial charge in [0.2, 0.25) is 0 Å². The SMILES string of the molecule is CNCCCCCOc1ccc(C)cc1C(C)(C)C. The van der Waals surface area contributed by atoms with Crippen LogP contribution >= 0.6 is 0 Å². The Kier molecular flexibility index (Phi) is 6.36. The predicted molar refractivity (Wildman–Crippen MR) is 83.2 cm³/mol. The van der Waals surface area contributed by atoms with Gasteiger partial charge in [0.05, 0.1) is 6.61 Å². The van der Waals surface area contributed by atoms with Crippen molar-refractivity contribution in [1.29, 1.82) is 0 Å². The van der Waals surface area contributed by atoms with Gasteiger partial charge < -0.3 is 10.1 Å². The fourth-order valence-corrected chi connectivity index (χ4v) is 2.12. The van der Waals surface area contributed by atoms with Crippen molar-refractivity contribution in [3.63, 3.8) is 0 Å². The first-order valence-corrected chi connectivity index (χ1v) is 7.33. The summed E-state index contributed by atoms with van der Waals surface area (Å²) in [7, 11) is 2.00. The number of benzene rings is 1. The lowest BCUT2D eigenvalue weighted by Crippen LogP contribution is -2.14. The Labute approximate surface area is 118 Å². The maximum Gasteiger partial charge on any atom is 0.123 e. The maximum atomic E-state index is 5.98. The van der Waals surface area contributed by atoms with E-state index in [-0.39, 0.29) is 5.41 Å². The second-order valence-corrected chi connectivity index (χ2v) is 6.26. The van der Waals surface area contributed by atoms with Gasteiger partial charge in [-0.15, -0.1) is 0 Å². The average Bonchev–Trinajstić information content (AvgIpc) is 2.34. The first-order valence-electron chi connectivity index (χ1n) is 7.33. The van der Waals surface area contributed by atoms with Crippen molar-refractivity contribution in [1.82, 2.24) is 5.32 Å². The van der Waals surface area contributed by atoms with Crippen LogP contribution in [-0.2, 0) is 5.41 Å². The van der Waals surface area contributed by atoms with Crippen LogP contribution in [0.2, 0.25) is 0 Å². The van der Waals surface area contributed by atoms with Crippen molar-refractivity contribution in [3.05, 3.63) is 29.3 Å². The van der Waals surface area contributed by atoms with E-state index in [2.05, 4.69) is 51.2 Å². The molecular formula is C17H29NO. The summed E-state index contributed by atoms with van der Waals surface area (Å²) in [4.78, 5) is 0. The molecule has 0 aliphatic heterocycles. The zero-order valence-electron chi connectivity index (χ0n) is 13.2. The fraction of sp³-hybridized carbons (Fsp3) is 0.647. The number of hydrogen-bond donors (Lipinski definition) is 1. The Hall–Kier alpha value is -1.02. The molecule has 0 bridgehead atoms. The molecule has 0 aliphatic carbocycles. The summed E-state index contributed by atoms with van der Waals surface area (Å²) in [5.74, 6) is 1.05. The highest BCUT2D eigenvalue weighted by molar-refractivity contribution is 5.41. The minimum Gasteiger partial charge on any atom is -0.493 e. The van der Waals surface area contributed by atoms with Gasteiger partial charge in [-0.1, -0.05) is 38.5 Å². The Morgan fingerprint density at radius 2 is 1.84 bits per heavy atom. The lowest BCUT2D eigenvalue weighted by molar-refractivity contribution is 0.297. The molecule has 2 heteroatoms. The highest BCUT2D eigenvalue weighted by Gasteiger charge is 2.18. The standard InChI is InChI=1S/C17H29NO/c1-14-9-10-16(15(13-14)17(2,3)4)19-12-8-6-7-11-18-5/h9-10,13,18H,6-8,11-12H2,1-5H3. The van der Waals surface area contributed by atoms with E-state index in [1.54, 1.807) is 0 Å². The van der Waals surface area contributed by atoms with E-state index < -0.39 is 0 Å². The second kappa shape index (κ2) is 7.54. The van der Waals surface area contributed by atoms with Gasteiger partial charge in [0.15, 0.2) is 0 Å². The normalized spacial score (nSPS) is 11.6. The van der Waals surface area contributed by atoms with Gasteiger partial charge in [0.1, 0.15) is 5.75 Å². The first kappa shape index (κ1) is 16.0. The number of aryl methyl sites for hydroxylation is 1. The second-order valence-electron chi connectivity index (χ2n) is 6.26. The van der Waals surface area contributed by atoms with Crippen LogP contribution in [0.15, 0.2) is 18.2 Å². The van der Waals surface area contributed by atoms with Crippen LogP contribution in [0.5, 0.6) is 5.75 Å². The molecule has 0 saturated heterocycles. The third-order valence-electron chi connectivity index (χ3n) is 3.27. The van der Waals surface area contributed by atoms with Crippen molar-refractivity contribution >= 4 is 0 Å². The lowest BCUT2D eigenvalue weighted by atomic mass is 9.85. The summed E-state index contributed by atoms with van der Waals surface area (Å²) in [5, 5.41) is 3.17. The summed E-state index contributed by atoms with van der Waals surface area (Å²) >= 11 is 0. The molecule has 0 spiro atoms. The molecule has 2 nitrogen and oxygen atoms in total. The molecule has 1 aromatic carbocycles. The summed E-state index contributed by atoms with van der Waals surface area (Å²) in [6.45, 7) is 10.8. The highest BCUT2D eigenvalue weighted by Crippen LogP contribution is 2.32. The Morgan fingerprint density at radius 3 is 2.47 bits per heavy atom. The van der Waals surface area contributed by atoms with Crippen LogP contribution in [0.25, 0.3) is 0 Å². The molecule has 0 aliphatic rings. The van der Waals surface area contributed by atoms with Gasteiger partial charge in [-0.25, -0.2) is 0 Å². The van der Waals surface area contributed by atoms with E-state index in [0.717, 1.165) is 25.3 Å². The molecule has 0 unspecified atom stereocenters. The van der Waals surface area contributed by atoms with E-state index in [9.17, 15) is 0 Å². The number of ether oxygens (including phenoxy) is 1. The molecule has 0 amide bonds. The number of hydrogen-bond acceptors (Lipinski definition) is 2. The van der Waals surface area contributed by atoms with E-state index >= 15 is 0 Å². The fourth-order valence-electron chi connectivity index (χ4n) is 2.12. The smallest absolute Gasteiger partial charge is 0.123 e. The van der Waals surface area contributed by atoms with E-state index in [4.69, 9.17) is 4.74 Å². The predicted octanol–water partition coefficient (Wildman–Crippen LogP) is 4.06. The molecule has 108 valence electrons. The van der Waals surface area contributed by atoms with E-state index in [1.165, 1.54) is 24.0 Å². The van der Waals surface area contributed by atoms with Crippen LogP contribution in [-0.4, -0.2) is 20.2 Å². The number of nitrogens with one attached hydrogen (secondary N) is 1. The van der Waals surface area contributed by atoms with Gasteiger partial charge in [-0.2, -0.15) is 0 Å². The van der Waals surface area contributed by atoms with Crippen LogP contribution in [0, 0.1) is 6.92 Å². The zero-order valence-corrected chi connectivity index (χ0v) is 13.2. The van der Waals surface area contributed by atoms with Gasteiger partial charge >= 0.3 is 0 Å². The van der Waals surface area contributed by atoms with Gasteiger partial charge in [0.25, 0.3) is 0 Å². The van der Waals surface area contributed by atoms with Crippen molar-refractivity contribution in [2.24, 2.45) is 0 Å². The minimum absolute atomic E-state index is 0.132. The summed E-state index contributed by atoms with van der Waals surface area (Å²) in [6.07, 6.45) is 3.57. The van der Waals surface area contributed by atoms with Crippen LogP contribution in [0.1, 0.15) is 51.2 Å². The number of unbranched alkanes of at least 4 members (excludes halogenated alkanes) is 2. The molecule has 19 heavy (non-hydrogen) atoms. The minimum atomic E-state index is 0.132. The Balaban J connectivity index is 2.54. The topological polar surface area (TPSA) is 21.3 Å². The van der Waals surface area contributed by atoms with Crippen molar-refractivity contribution < 1.29 is 4.74 Å². The molecule has 0 heterocycles. The Morgan fingerprint density at radius 1 is 1.11 bits per heavy atom. The quantitative estimate of drug-likeness (QED) is 0.749. The first-order chi connectivity index (χ1) is 8.95. The van der Waals surface area contributed by atoms with Crippen LogP contribution < -0.4 is 10.1 Å². The third-order valence-corrected chi connectivity index (χ3v) is 3.27. The van der Waals surface area contributed by atoms with Crippen molar-refractivity contribution in [3.8, 4) is 5.75 Å². The van der Waals surface area contributed by atoms with Crippen LogP contribution in [0.3, 0.4) is 0 Å². The zero-order chi connectivity index (χ0) is 14.3. The highest BCUT2D eigenvalue weighted by atomic mass is 16.5. The maximum absolute atomic E-state index is 5.98. The molecule has 0 fully saturated rings. The molecule has 1 aromatic rings. The van der Waals surface area contributed by atoms with E-state index in [1.807, 2.05) is 7.05 Å². The summed E-state index contributed by atoms with van der Waals surface area (Å²) in [6, 6.07) is 6.49. The van der Waals surface area contributed by atoms with Gasteiger partial charge in [-0.05, 0) is 56.8 Å². The largest absolute Gasteiger partial charge is 0.493 e. The summed E-state index contributed by atoms with van der Waals surface area (Å²) < 4.78 is 5.98. The molecular weight excluding hydrogens is 234 g/mol. The van der Waals surface area contributed by atoms with E-state index in [0.29, 0.717) is 0 Å². The molecule has 0 aromatic heterocycles. The molecule has 0 atom stereocenters. The number of rotatable bonds is 7. The third kappa shape index (κ3) is 5.65. The lowest BCUT2D eigenvalue weighted by Gasteiger charge is -2.23. The average molecular weight is 263 g/mol. The summed E-state index contributed by atoms with van der Waals surface area (Å²) in [5.41, 5.74) is 2.74. The molecule has 1 rings (SSSR count). The molecule has 0 saturated carbocycles. The Bertz CT molecular complexity index is 379. The van der Waals surface area contributed by atoms with Gasteiger partial charge in [-0.3, -0.25) is 0 Å². The molecule has 0 radical (unpaired) electrons. The van der Waals surface area contributed by atoms with Crippen LogP contribution in [0.4, 0.5) is 0 Å². The van der Waals surface area contributed by atoms with Gasteiger partial charge in [0, 0.05) is 0 Å². The molecule has 1 N–H and O–H groups in total.